The predicted octanol–water partition coefficient (Wildman–Crippen LogP) is 4.91. The summed E-state index contributed by atoms with van der Waals surface area (Å²) in [7, 11) is -1.52. The normalized spacial score (nSPS) is 12.2. The fourth-order valence-electron chi connectivity index (χ4n) is 4.44. The van der Waals surface area contributed by atoms with Gasteiger partial charge in [-0.15, -0.1) is 0 Å². The molecule has 1 heterocycles. The summed E-state index contributed by atoms with van der Waals surface area (Å²) < 4.78 is 2.28. The van der Waals surface area contributed by atoms with Crippen LogP contribution in [0.4, 0.5) is 0 Å². The molecule has 0 atom stereocenters. The number of fused-ring (bicyclic) bond motifs is 5. The van der Waals surface area contributed by atoms with E-state index in [1.165, 1.54) is 5.56 Å². The summed E-state index contributed by atoms with van der Waals surface area (Å²) in [6, 6.07) is 26.9. The minimum absolute atomic E-state index is 0.0955. The first-order valence-electron chi connectivity index (χ1n) is 10.3. The molecule has 0 amide bonds. The van der Waals surface area contributed by atoms with E-state index in [0.717, 1.165) is 38.3 Å². The van der Waals surface area contributed by atoms with Crippen LogP contribution in [0.3, 0.4) is 0 Å². The van der Waals surface area contributed by atoms with Crippen LogP contribution >= 0.6 is 0 Å². The molecule has 0 spiro atoms. The molecule has 0 fully saturated rings. The van der Waals surface area contributed by atoms with Crippen molar-refractivity contribution in [2.45, 2.75) is 26.2 Å². The molecular formula is C26H24BNO2. The molecule has 0 bridgehead atoms. The third-order valence-electron chi connectivity index (χ3n) is 5.98. The topological polar surface area (TPSA) is 45.4 Å². The summed E-state index contributed by atoms with van der Waals surface area (Å²) in [6.07, 6.45) is 0. The SMILES string of the molecule is CC(C)(C)c1ccc(-n2c3ccccc3c3cc(B(O)O)c4ccccc4c32)cc1. The molecule has 4 aromatic carbocycles. The van der Waals surface area contributed by atoms with Crippen LogP contribution in [0.5, 0.6) is 0 Å². The van der Waals surface area contributed by atoms with Crippen molar-refractivity contribution < 1.29 is 10.0 Å². The number of nitrogens with zero attached hydrogens (tertiary/aromatic N) is 1. The van der Waals surface area contributed by atoms with E-state index in [0.29, 0.717) is 5.46 Å². The Morgan fingerprint density at radius 1 is 0.700 bits per heavy atom. The van der Waals surface area contributed by atoms with Crippen molar-refractivity contribution >= 4 is 45.2 Å². The largest absolute Gasteiger partial charge is 0.489 e. The molecule has 30 heavy (non-hydrogen) atoms. The van der Waals surface area contributed by atoms with Gasteiger partial charge in [0.2, 0.25) is 0 Å². The van der Waals surface area contributed by atoms with Crippen LogP contribution < -0.4 is 5.46 Å². The van der Waals surface area contributed by atoms with Crippen LogP contribution in [0.25, 0.3) is 38.3 Å². The first-order valence-corrected chi connectivity index (χ1v) is 10.3. The maximum atomic E-state index is 10.0. The molecule has 0 saturated carbocycles. The highest BCUT2D eigenvalue weighted by Gasteiger charge is 2.22. The highest BCUT2D eigenvalue weighted by Crippen LogP contribution is 2.36. The summed E-state index contributed by atoms with van der Waals surface area (Å²) >= 11 is 0. The van der Waals surface area contributed by atoms with Crippen molar-refractivity contribution in [3.8, 4) is 5.69 Å². The molecule has 1 aromatic heterocycles. The van der Waals surface area contributed by atoms with Crippen LogP contribution in [0.15, 0.2) is 78.9 Å². The first-order chi connectivity index (χ1) is 14.4. The van der Waals surface area contributed by atoms with E-state index >= 15 is 0 Å². The molecule has 0 radical (unpaired) electrons. The van der Waals surface area contributed by atoms with Gasteiger partial charge in [0.15, 0.2) is 0 Å². The van der Waals surface area contributed by atoms with Crippen LogP contribution in [0.2, 0.25) is 0 Å². The Labute approximate surface area is 176 Å². The molecule has 0 aliphatic heterocycles. The second-order valence-corrected chi connectivity index (χ2v) is 8.93. The number of benzene rings is 4. The average Bonchev–Trinajstić information content (AvgIpc) is 3.07. The van der Waals surface area contributed by atoms with E-state index < -0.39 is 7.12 Å². The number of hydrogen-bond donors (Lipinski definition) is 2. The Kier molecular flexibility index (Phi) is 4.24. The zero-order valence-corrected chi connectivity index (χ0v) is 17.4. The first kappa shape index (κ1) is 18.9. The van der Waals surface area contributed by atoms with Gasteiger partial charge in [-0.05, 0) is 40.0 Å². The third kappa shape index (κ3) is 2.84. The Hall–Kier alpha value is -3.08. The molecule has 0 aliphatic rings. The Morgan fingerprint density at radius 3 is 1.93 bits per heavy atom. The zero-order chi connectivity index (χ0) is 21.0. The van der Waals surface area contributed by atoms with Crippen LogP contribution in [-0.2, 0) is 5.41 Å². The van der Waals surface area contributed by atoms with Crippen molar-refractivity contribution in [2.24, 2.45) is 0 Å². The van der Waals surface area contributed by atoms with Gasteiger partial charge in [0.05, 0.1) is 11.0 Å². The minimum Gasteiger partial charge on any atom is -0.423 e. The monoisotopic (exact) mass is 393 g/mol. The van der Waals surface area contributed by atoms with Gasteiger partial charge in [-0.25, -0.2) is 0 Å². The van der Waals surface area contributed by atoms with Crippen molar-refractivity contribution in [1.29, 1.82) is 0 Å². The Balaban J connectivity index is 1.93. The molecule has 0 unspecified atom stereocenters. The lowest BCUT2D eigenvalue weighted by Crippen LogP contribution is -2.30. The van der Waals surface area contributed by atoms with Crippen LogP contribution in [-0.4, -0.2) is 21.7 Å². The minimum atomic E-state index is -1.52. The zero-order valence-electron chi connectivity index (χ0n) is 17.4. The second kappa shape index (κ2) is 6.73. The van der Waals surface area contributed by atoms with Crippen LogP contribution in [0.1, 0.15) is 26.3 Å². The van der Waals surface area contributed by atoms with E-state index in [4.69, 9.17) is 0 Å². The van der Waals surface area contributed by atoms with Gasteiger partial charge in [0, 0.05) is 21.8 Å². The summed E-state index contributed by atoms with van der Waals surface area (Å²) in [4.78, 5) is 0. The van der Waals surface area contributed by atoms with E-state index in [-0.39, 0.29) is 5.41 Å². The predicted molar refractivity (Wildman–Crippen MR) is 127 cm³/mol. The third-order valence-corrected chi connectivity index (χ3v) is 5.98. The van der Waals surface area contributed by atoms with E-state index in [1.807, 2.05) is 36.4 Å². The van der Waals surface area contributed by atoms with Gasteiger partial charge in [-0.3, -0.25) is 0 Å². The number of para-hydroxylation sites is 1. The van der Waals surface area contributed by atoms with Crippen molar-refractivity contribution in [3.05, 3.63) is 84.4 Å². The molecule has 4 heteroatoms. The average molecular weight is 393 g/mol. The molecule has 3 nitrogen and oxygen atoms in total. The summed E-state index contributed by atoms with van der Waals surface area (Å²) in [5.41, 5.74) is 5.20. The smallest absolute Gasteiger partial charge is 0.423 e. The maximum Gasteiger partial charge on any atom is 0.489 e. The molecule has 2 N–H and O–H groups in total. The number of aromatic nitrogens is 1. The summed E-state index contributed by atoms with van der Waals surface area (Å²) in [5, 5.41) is 24.0. The van der Waals surface area contributed by atoms with Gasteiger partial charge in [-0.1, -0.05) is 81.4 Å². The maximum absolute atomic E-state index is 10.0. The van der Waals surface area contributed by atoms with Gasteiger partial charge in [0.25, 0.3) is 0 Å². The van der Waals surface area contributed by atoms with Gasteiger partial charge in [0.1, 0.15) is 0 Å². The van der Waals surface area contributed by atoms with Crippen molar-refractivity contribution in [2.75, 3.05) is 0 Å². The van der Waals surface area contributed by atoms with E-state index in [2.05, 4.69) is 67.8 Å². The molecule has 0 saturated heterocycles. The van der Waals surface area contributed by atoms with Crippen molar-refractivity contribution in [1.82, 2.24) is 4.57 Å². The summed E-state index contributed by atoms with van der Waals surface area (Å²) in [5.74, 6) is 0. The lowest BCUT2D eigenvalue weighted by atomic mass is 9.76. The molecule has 5 rings (SSSR count). The molecule has 148 valence electrons. The van der Waals surface area contributed by atoms with E-state index in [9.17, 15) is 10.0 Å². The molecule has 5 aromatic rings. The fourth-order valence-corrected chi connectivity index (χ4v) is 4.44. The highest BCUT2D eigenvalue weighted by atomic mass is 16.4. The standard InChI is InChI=1S/C26H24BNO2/c1-26(2,3)17-12-14-18(15-13-17)28-24-11-7-6-9-20(24)22-16-23(27(29)30)19-8-4-5-10-21(19)25(22)28/h4-16,29-30H,1-3H3. The summed E-state index contributed by atoms with van der Waals surface area (Å²) in [6.45, 7) is 6.66. The lowest BCUT2D eigenvalue weighted by Gasteiger charge is -2.20. The van der Waals surface area contributed by atoms with Crippen LogP contribution in [0, 0.1) is 0 Å². The molecular weight excluding hydrogens is 369 g/mol. The van der Waals surface area contributed by atoms with Gasteiger partial charge in [-0.2, -0.15) is 0 Å². The Morgan fingerprint density at radius 2 is 1.30 bits per heavy atom. The van der Waals surface area contributed by atoms with E-state index in [1.54, 1.807) is 0 Å². The lowest BCUT2D eigenvalue weighted by molar-refractivity contribution is 0.426. The highest BCUT2D eigenvalue weighted by molar-refractivity contribution is 6.62. The molecule has 0 aliphatic carbocycles. The fraction of sp³-hybridized carbons (Fsp3) is 0.154. The quantitative estimate of drug-likeness (QED) is 0.419. The second-order valence-electron chi connectivity index (χ2n) is 8.93. The van der Waals surface area contributed by atoms with Gasteiger partial charge < -0.3 is 14.6 Å². The van der Waals surface area contributed by atoms with Crippen molar-refractivity contribution in [3.63, 3.8) is 0 Å². The number of rotatable bonds is 2. The van der Waals surface area contributed by atoms with Gasteiger partial charge >= 0.3 is 7.12 Å². The Bertz CT molecular complexity index is 1390. The number of hydrogen-bond acceptors (Lipinski definition) is 2.